The van der Waals surface area contributed by atoms with Crippen molar-refractivity contribution in [3.8, 4) is 0 Å². The van der Waals surface area contributed by atoms with Gasteiger partial charge in [0, 0.05) is 17.2 Å². The fourth-order valence-electron chi connectivity index (χ4n) is 2.17. The summed E-state index contributed by atoms with van der Waals surface area (Å²) in [5.41, 5.74) is 7.02. The van der Waals surface area contributed by atoms with E-state index in [0.29, 0.717) is 25.3 Å². The zero-order chi connectivity index (χ0) is 13.6. The molecule has 0 aromatic rings. The number of thioether (sulfide) groups is 1. The van der Waals surface area contributed by atoms with Crippen LogP contribution in [-0.4, -0.2) is 41.2 Å². The van der Waals surface area contributed by atoms with Crippen LogP contribution in [0.3, 0.4) is 0 Å². The highest BCUT2D eigenvalue weighted by Crippen LogP contribution is 2.42. The van der Waals surface area contributed by atoms with Crippen LogP contribution in [-0.2, 0) is 4.79 Å². The molecule has 0 saturated carbocycles. The van der Waals surface area contributed by atoms with Crippen LogP contribution in [0.2, 0.25) is 0 Å². The molecule has 0 radical (unpaired) electrons. The van der Waals surface area contributed by atoms with Gasteiger partial charge in [-0.05, 0) is 36.1 Å². The second kappa shape index (κ2) is 6.31. The number of aliphatic carboxylic acids is 1. The van der Waals surface area contributed by atoms with Gasteiger partial charge in [-0.3, -0.25) is 4.79 Å². The maximum atomic E-state index is 11.7. The molecule has 0 aliphatic carbocycles. The van der Waals surface area contributed by atoms with Crippen molar-refractivity contribution >= 4 is 17.7 Å². The van der Waals surface area contributed by atoms with Crippen molar-refractivity contribution in [3.63, 3.8) is 0 Å². The number of carboxylic acids is 1. The minimum Gasteiger partial charge on any atom is -0.480 e. The Hall–Kier alpha value is -0.910. The highest BCUT2D eigenvalue weighted by atomic mass is 32.2. The summed E-state index contributed by atoms with van der Waals surface area (Å²) in [7, 11) is 0. The van der Waals surface area contributed by atoms with E-state index < -0.39 is 11.5 Å². The Morgan fingerprint density at radius 3 is 2.89 bits per heavy atom. The Bertz CT molecular complexity index is 355. The second-order valence-corrected chi connectivity index (χ2v) is 6.24. The lowest BCUT2D eigenvalue weighted by Crippen LogP contribution is -2.65. The summed E-state index contributed by atoms with van der Waals surface area (Å²) in [4.78, 5) is 14.3. The van der Waals surface area contributed by atoms with Crippen LogP contribution in [0.1, 0.15) is 26.7 Å². The van der Waals surface area contributed by atoms with Gasteiger partial charge in [-0.2, -0.15) is 11.8 Å². The van der Waals surface area contributed by atoms with E-state index in [-0.39, 0.29) is 5.41 Å². The SMILES string of the molecule is CC1(C)CCSCC1(NCCCN=[N+]=[N-])C(=O)O. The van der Waals surface area contributed by atoms with Gasteiger partial charge in [0.25, 0.3) is 0 Å². The molecule has 0 bridgehead atoms. The molecule has 2 N–H and O–H groups in total. The number of hydrogen-bond donors (Lipinski definition) is 2. The van der Waals surface area contributed by atoms with Crippen molar-refractivity contribution in [2.75, 3.05) is 24.6 Å². The van der Waals surface area contributed by atoms with Gasteiger partial charge in [-0.25, -0.2) is 0 Å². The summed E-state index contributed by atoms with van der Waals surface area (Å²) in [5, 5.41) is 16.2. The molecule has 1 atom stereocenters. The molecule has 1 fully saturated rings. The van der Waals surface area contributed by atoms with Crippen molar-refractivity contribution < 1.29 is 9.90 Å². The van der Waals surface area contributed by atoms with E-state index in [4.69, 9.17) is 5.53 Å². The molecule has 1 saturated heterocycles. The first kappa shape index (κ1) is 15.1. The summed E-state index contributed by atoms with van der Waals surface area (Å²) in [5.74, 6) is 0.794. The first-order chi connectivity index (χ1) is 8.46. The molecule has 6 nitrogen and oxygen atoms in total. The van der Waals surface area contributed by atoms with Crippen LogP contribution >= 0.6 is 11.8 Å². The van der Waals surface area contributed by atoms with Gasteiger partial charge in [0.15, 0.2) is 0 Å². The Labute approximate surface area is 111 Å². The average Bonchev–Trinajstić information content (AvgIpc) is 2.30. The molecule has 0 amide bonds. The third kappa shape index (κ3) is 3.10. The van der Waals surface area contributed by atoms with E-state index >= 15 is 0 Å². The number of carboxylic acid groups (broad SMARTS) is 1. The Morgan fingerprint density at radius 1 is 1.61 bits per heavy atom. The molecule has 7 heteroatoms. The Kier molecular flexibility index (Phi) is 5.31. The largest absolute Gasteiger partial charge is 0.480 e. The number of carbonyl (C=O) groups is 1. The van der Waals surface area contributed by atoms with E-state index in [1.165, 1.54) is 0 Å². The molecule has 1 aliphatic rings. The highest BCUT2D eigenvalue weighted by molar-refractivity contribution is 7.99. The number of hydrogen-bond acceptors (Lipinski definition) is 4. The van der Waals surface area contributed by atoms with Crippen molar-refractivity contribution in [2.45, 2.75) is 32.2 Å². The zero-order valence-corrected chi connectivity index (χ0v) is 11.7. The fourth-order valence-corrected chi connectivity index (χ4v) is 3.90. The lowest BCUT2D eigenvalue weighted by atomic mass is 9.70. The molecule has 1 rings (SSSR count). The number of nitrogens with zero attached hydrogens (tertiary/aromatic N) is 3. The minimum absolute atomic E-state index is 0.275. The molecule has 1 unspecified atom stereocenters. The van der Waals surface area contributed by atoms with Gasteiger partial charge >= 0.3 is 5.97 Å². The zero-order valence-electron chi connectivity index (χ0n) is 10.8. The standard InChI is InChI=1S/C11H20N4O2S/c1-10(2)4-7-18-8-11(10,9(16)17)13-5-3-6-14-15-12/h13H,3-8H2,1-2H3,(H,16,17). The topological polar surface area (TPSA) is 98.1 Å². The third-order valence-corrected chi connectivity index (χ3v) is 4.77. The van der Waals surface area contributed by atoms with Crippen molar-refractivity contribution in [3.05, 3.63) is 10.4 Å². The van der Waals surface area contributed by atoms with Gasteiger partial charge < -0.3 is 10.4 Å². The van der Waals surface area contributed by atoms with Crippen molar-refractivity contribution in [1.29, 1.82) is 0 Å². The normalized spacial score (nSPS) is 26.3. The van der Waals surface area contributed by atoms with Crippen LogP contribution in [0.5, 0.6) is 0 Å². The molecule has 18 heavy (non-hydrogen) atoms. The minimum atomic E-state index is -0.883. The molecule has 0 aromatic heterocycles. The maximum Gasteiger partial charge on any atom is 0.325 e. The smallest absolute Gasteiger partial charge is 0.325 e. The van der Waals surface area contributed by atoms with Gasteiger partial charge in [-0.1, -0.05) is 19.0 Å². The number of rotatable bonds is 6. The molecule has 1 heterocycles. The summed E-state index contributed by atoms with van der Waals surface area (Å²) >= 11 is 1.68. The van der Waals surface area contributed by atoms with Crippen molar-refractivity contribution in [2.24, 2.45) is 10.5 Å². The van der Waals surface area contributed by atoms with Crippen molar-refractivity contribution in [1.82, 2.24) is 5.32 Å². The highest BCUT2D eigenvalue weighted by Gasteiger charge is 2.52. The van der Waals surface area contributed by atoms with Crippen LogP contribution in [0, 0.1) is 5.41 Å². The lowest BCUT2D eigenvalue weighted by molar-refractivity contribution is -0.149. The van der Waals surface area contributed by atoms with E-state index in [1.54, 1.807) is 11.8 Å². The van der Waals surface area contributed by atoms with Gasteiger partial charge in [0.05, 0.1) is 0 Å². The van der Waals surface area contributed by atoms with Crippen LogP contribution < -0.4 is 5.32 Å². The summed E-state index contributed by atoms with van der Waals surface area (Å²) in [6.45, 7) is 4.95. The van der Waals surface area contributed by atoms with Crippen LogP contribution in [0.15, 0.2) is 5.11 Å². The third-order valence-electron chi connectivity index (χ3n) is 3.64. The maximum absolute atomic E-state index is 11.7. The second-order valence-electron chi connectivity index (χ2n) is 5.13. The van der Waals surface area contributed by atoms with E-state index in [0.717, 1.165) is 12.2 Å². The first-order valence-electron chi connectivity index (χ1n) is 6.03. The molecule has 1 aliphatic heterocycles. The van der Waals surface area contributed by atoms with Crippen LogP contribution in [0.25, 0.3) is 10.4 Å². The monoisotopic (exact) mass is 272 g/mol. The summed E-state index contributed by atoms with van der Waals surface area (Å²) in [6, 6.07) is 0. The Morgan fingerprint density at radius 2 is 2.33 bits per heavy atom. The average molecular weight is 272 g/mol. The van der Waals surface area contributed by atoms with E-state index in [9.17, 15) is 9.90 Å². The predicted molar refractivity (Wildman–Crippen MR) is 72.7 cm³/mol. The molecular formula is C11H20N4O2S. The Balaban J connectivity index is 2.68. The quantitative estimate of drug-likeness (QED) is 0.335. The number of azide groups is 1. The number of nitrogens with one attached hydrogen (secondary N) is 1. The van der Waals surface area contributed by atoms with Gasteiger partial charge in [0.1, 0.15) is 5.54 Å². The van der Waals surface area contributed by atoms with E-state index in [1.807, 2.05) is 13.8 Å². The predicted octanol–water partition coefficient (Wildman–Crippen LogP) is 2.26. The molecule has 0 aromatic carbocycles. The first-order valence-corrected chi connectivity index (χ1v) is 7.19. The molecule has 0 spiro atoms. The van der Waals surface area contributed by atoms with E-state index in [2.05, 4.69) is 15.3 Å². The summed E-state index contributed by atoms with van der Waals surface area (Å²) < 4.78 is 0. The van der Waals surface area contributed by atoms with Crippen LogP contribution in [0.4, 0.5) is 0 Å². The molecular weight excluding hydrogens is 252 g/mol. The van der Waals surface area contributed by atoms with Gasteiger partial charge in [0.2, 0.25) is 0 Å². The lowest BCUT2D eigenvalue weighted by Gasteiger charge is -2.47. The van der Waals surface area contributed by atoms with Gasteiger partial charge in [-0.15, -0.1) is 0 Å². The summed E-state index contributed by atoms with van der Waals surface area (Å²) in [6.07, 6.45) is 1.53. The fraction of sp³-hybridized carbons (Fsp3) is 0.909. The molecule has 102 valence electrons.